The number of carbonyl (C=O) groups excluding carboxylic acids is 1. The molecule has 1 unspecified atom stereocenters. The van der Waals surface area contributed by atoms with E-state index in [2.05, 4.69) is 15.4 Å². The van der Waals surface area contributed by atoms with E-state index in [1.807, 2.05) is 11.7 Å². The molecule has 0 spiro atoms. The van der Waals surface area contributed by atoms with Gasteiger partial charge in [0.2, 0.25) is 0 Å². The summed E-state index contributed by atoms with van der Waals surface area (Å²) in [5.74, 6) is 0. The number of hydrogen-bond acceptors (Lipinski definition) is 5. The molecule has 9 heteroatoms. The molecular weight excluding hydrogens is 312 g/mol. The zero-order valence-corrected chi connectivity index (χ0v) is 13.5. The number of aromatic nitrogens is 3. The van der Waals surface area contributed by atoms with Crippen LogP contribution in [0.2, 0.25) is 0 Å². The van der Waals surface area contributed by atoms with Gasteiger partial charge < -0.3 is 10.2 Å². The Morgan fingerprint density at radius 3 is 3.04 bits per heavy atom. The number of nitro groups is 1. The summed E-state index contributed by atoms with van der Waals surface area (Å²) in [6.07, 6.45) is 7.05. The standard InChI is InChI=1S/C15H18N6O3/c1-19(12-4-3-5-13-10(12)8-17-20(13)2)15(22)18-11-6-7-16-9-14(11)21(23)24/h6-9,12H,3-5H2,1-2H3,(H,16,18,22). The van der Waals surface area contributed by atoms with Crippen molar-refractivity contribution in [3.05, 3.63) is 46.0 Å². The van der Waals surface area contributed by atoms with Crippen LogP contribution in [0, 0.1) is 10.1 Å². The third-order valence-electron chi connectivity index (χ3n) is 4.37. The topological polar surface area (TPSA) is 106 Å². The summed E-state index contributed by atoms with van der Waals surface area (Å²) in [6, 6.07) is 0.926. The highest BCUT2D eigenvalue weighted by molar-refractivity contribution is 5.91. The molecule has 2 aromatic rings. The van der Waals surface area contributed by atoms with Crippen LogP contribution in [-0.4, -0.2) is 37.7 Å². The molecule has 0 saturated carbocycles. The van der Waals surface area contributed by atoms with E-state index < -0.39 is 11.0 Å². The van der Waals surface area contributed by atoms with Crippen LogP contribution in [0.4, 0.5) is 16.2 Å². The van der Waals surface area contributed by atoms with Crippen LogP contribution >= 0.6 is 0 Å². The van der Waals surface area contributed by atoms with Crippen molar-refractivity contribution in [3.63, 3.8) is 0 Å². The van der Waals surface area contributed by atoms with E-state index in [4.69, 9.17) is 0 Å². The summed E-state index contributed by atoms with van der Waals surface area (Å²) in [5.41, 5.74) is 2.06. The van der Waals surface area contributed by atoms with Gasteiger partial charge in [0, 0.05) is 31.5 Å². The molecule has 0 aliphatic heterocycles. The Hall–Kier alpha value is -2.97. The zero-order valence-electron chi connectivity index (χ0n) is 13.5. The fraction of sp³-hybridized carbons (Fsp3) is 0.400. The third-order valence-corrected chi connectivity index (χ3v) is 4.37. The monoisotopic (exact) mass is 330 g/mol. The molecule has 0 fully saturated rings. The van der Waals surface area contributed by atoms with Gasteiger partial charge in [-0.3, -0.25) is 19.8 Å². The zero-order chi connectivity index (χ0) is 17.3. The second kappa shape index (κ2) is 6.26. The van der Waals surface area contributed by atoms with E-state index in [-0.39, 0.29) is 17.4 Å². The lowest BCUT2D eigenvalue weighted by Crippen LogP contribution is -2.36. The second-order valence-corrected chi connectivity index (χ2v) is 5.77. The number of rotatable bonds is 3. The number of carbonyl (C=O) groups is 1. The first-order valence-corrected chi connectivity index (χ1v) is 7.62. The van der Waals surface area contributed by atoms with Gasteiger partial charge in [-0.2, -0.15) is 5.10 Å². The van der Waals surface area contributed by atoms with Gasteiger partial charge in [0.05, 0.1) is 17.2 Å². The Morgan fingerprint density at radius 2 is 2.29 bits per heavy atom. The average molecular weight is 330 g/mol. The number of pyridine rings is 1. The number of nitrogens with one attached hydrogen (secondary N) is 1. The first kappa shape index (κ1) is 15.9. The van der Waals surface area contributed by atoms with Gasteiger partial charge in [-0.1, -0.05) is 0 Å². The molecule has 2 aromatic heterocycles. The van der Waals surface area contributed by atoms with Gasteiger partial charge in [-0.15, -0.1) is 0 Å². The minimum Gasteiger partial charge on any atom is -0.320 e. The molecule has 126 valence electrons. The van der Waals surface area contributed by atoms with E-state index in [9.17, 15) is 14.9 Å². The second-order valence-electron chi connectivity index (χ2n) is 5.77. The molecule has 0 aromatic carbocycles. The fourth-order valence-electron chi connectivity index (χ4n) is 3.07. The van der Waals surface area contributed by atoms with Crippen LogP contribution in [0.3, 0.4) is 0 Å². The van der Waals surface area contributed by atoms with Crippen molar-refractivity contribution in [3.8, 4) is 0 Å². The minimum atomic E-state index is -0.567. The Labute approximate surface area is 138 Å². The number of nitrogens with zero attached hydrogens (tertiary/aromatic N) is 5. The normalized spacial score (nSPS) is 16.3. The summed E-state index contributed by atoms with van der Waals surface area (Å²) in [5, 5.41) is 17.9. The summed E-state index contributed by atoms with van der Waals surface area (Å²) in [6.45, 7) is 0. The fourth-order valence-corrected chi connectivity index (χ4v) is 3.07. The number of aryl methyl sites for hydroxylation is 1. The van der Waals surface area contributed by atoms with Crippen molar-refractivity contribution in [1.82, 2.24) is 19.7 Å². The number of anilines is 1. The highest BCUT2D eigenvalue weighted by Crippen LogP contribution is 2.33. The van der Waals surface area contributed by atoms with Crippen LogP contribution in [-0.2, 0) is 13.5 Å². The van der Waals surface area contributed by atoms with Gasteiger partial charge >= 0.3 is 11.7 Å². The molecular formula is C15H18N6O3. The molecule has 0 radical (unpaired) electrons. The summed E-state index contributed by atoms with van der Waals surface area (Å²) in [7, 11) is 3.58. The number of amides is 2. The summed E-state index contributed by atoms with van der Waals surface area (Å²) < 4.78 is 1.83. The Morgan fingerprint density at radius 1 is 1.50 bits per heavy atom. The lowest BCUT2D eigenvalue weighted by molar-refractivity contribution is -0.384. The molecule has 24 heavy (non-hydrogen) atoms. The number of fused-ring (bicyclic) bond motifs is 1. The summed E-state index contributed by atoms with van der Waals surface area (Å²) in [4.78, 5) is 28.3. The van der Waals surface area contributed by atoms with Gasteiger partial charge in [-0.05, 0) is 25.3 Å². The van der Waals surface area contributed by atoms with E-state index in [0.717, 1.165) is 36.7 Å². The molecule has 0 saturated heterocycles. The maximum Gasteiger partial charge on any atom is 0.322 e. The first-order valence-electron chi connectivity index (χ1n) is 7.62. The molecule has 0 bridgehead atoms. The predicted molar refractivity (Wildman–Crippen MR) is 86.6 cm³/mol. The largest absolute Gasteiger partial charge is 0.322 e. The van der Waals surface area contributed by atoms with E-state index in [1.54, 1.807) is 18.1 Å². The van der Waals surface area contributed by atoms with Crippen LogP contribution < -0.4 is 5.32 Å². The smallest absolute Gasteiger partial charge is 0.320 e. The molecule has 9 nitrogen and oxygen atoms in total. The van der Waals surface area contributed by atoms with Crippen molar-refractivity contribution in [2.24, 2.45) is 7.05 Å². The van der Waals surface area contributed by atoms with Gasteiger partial charge in [-0.25, -0.2) is 4.79 Å². The first-order chi connectivity index (χ1) is 11.5. The van der Waals surface area contributed by atoms with Crippen LogP contribution in [0.25, 0.3) is 0 Å². The molecule has 2 heterocycles. The Bertz CT molecular complexity index is 787. The van der Waals surface area contributed by atoms with Crippen molar-refractivity contribution < 1.29 is 9.72 Å². The Balaban J connectivity index is 1.80. The average Bonchev–Trinajstić information content (AvgIpc) is 2.96. The number of hydrogen-bond donors (Lipinski definition) is 1. The molecule has 1 aliphatic carbocycles. The van der Waals surface area contributed by atoms with Gasteiger partial charge in [0.1, 0.15) is 11.9 Å². The van der Waals surface area contributed by atoms with Crippen LogP contribution in [0.15, 0.2) is 24.7 Å². The minimum absolute atomic E-state index is 0.0941. The van der Waals surface area contributed by atoms with Crippen molar-refractivity contribution in [1.29, 1.82) is 0 Å². The van der Waals surface area contributed by atoms with E-state index in [1.165, 1.54) is 12.3 Å². The van der Waals surface area contributed by atoms with Gasteiger partial charge in [0.15, 0.2) is 0 Å². The number of urea groups is 1. The highest BCUT2D eigenvalue weighted by Gasteiger charge is 2.29. The summed E-state index contributed by atoms with van der Waals surface area (Å²) >= 11 is 0. The van der Waals surface area contributed by atoms with Crippen LogP contribution in [0.1, 0.15) is 30.1 Å². The molecule has 1 atom stereocenters. The lowest BCUT2D eigenvalue weighted by Gasteiger charge is -2.31. The van der Waals surface area contributed by atoms with E-state index >= 15 is 0 Å². The maximum absolute atomic E-state index is 12.5. The van der Waals surface area contributed by atoms with Crippen molar-refractivity contribution in [2.75, 3.05) is 12.4 Å². The highest BCUT2D eigenvalue weighted by atomic mass is 16.6. The van der Waals surface area contributed by atoms with Crippen LogP contribution in [0.5, 0.6) is 0 Å². The third kappa shape index (κ3) is 2.80. The molecule has 1 aliphatic rings. The molecule has 3 rings (SSSR count). The molecule has 2 amide bonds. The Kier molecular flexibility index (Phi) is 4.15. The molecule has 1 N–H and O–H groups in total. The van der Waals surface area contributed by atoms with Crippen molar-refractivity contribution >= 4 is 17.4 Å². The quantitative estimate of drug-likeness (QED) is 0.686. The van der Waals surface area contributed by atoms with Crippen molar-refractivity contribution in [2.45, 2.75) is 25.3 Å². The van der Waals surface area contributed by atoms with Gasteiger partial charge in [0.25, 0.3) is 0 Å². The predicted octanol–water partition coefficient (Wildman–Crippen LogP) is 2.26. The van der Waals surface area contributed by atoms with E-state index in [0.29, 0.717) is 0 Å². The maximum atomic E-state index is 12.5. The lowest BCUT2D eigenvalue weighted by atomic mass is 9.92. The SMILES string of the molecule is CN(C(=O)Nc1ccncc1[N+](=O)[O-])C1CCCc2c1cnn2C.